The Morgan fingerprint density at radius 1 is 0.431 bits per heavy atom. The second kappa shape index (κ2) is 11.6. The van der Waals surface area contributed by atoms with Crippen LogP contribution in [0.5, 0.6) is 0 Å². The van der Waals surface area contributed by atoms with E-state index in [0.29, 0.717) is 22.5 Å². The van der Waals surface area contributed by atoms with Crippen molar-refractivity contribution in [1.29, 1.82) is 10.5 Å². The number of furan rings is 2. The molecule has 0 aliphatic rings. The highest BCUT2D eigenvalue weighted by atomic mass is 16.3. The zero-order valence-corrected chi connectivity index (χ0v) is 33.2. The SMILES string of the molecule is CC(C)(C)c1ccc2c(c1)c1c3oc4ccccc4c3ccc1n2-c1ccc(-n2c3ccc(C(C)(C)C)cc3c3c4oc5ccccc5c4ccc32)c(C#N)c1C#N. The van der Waals surface area contributed by atoms with Crippen LogP contribution in [0.25, 0.3) is 98.9 Å². The molecule has 0 aliphatic heterocycles. The molecule has 11 rings (SSSR count). The molecule has 6 heteroatoms. The molecule has 4 aromatic heterocycles. The average molecular weight is 751 g/mol. The van der Waals surface area contributed by atoms with Crippen molar-refractivity contribution in [3.63, 3.8) is 0 Å². The van der Waals surface area contributed by atoms with Gasteiger partial charge in [0.2, 0.25) is 0 Å². The molecular weight excluding hydrogens is 713 g/mol. The fourth-order valence-electron chi connectivity index (χ4n) is 9.20. The van der Waals surface area contributed by atoms with Gasteiger partial charge in [-0.2, -0.15) is 10.5 Å². The van der Waals surface area contributed by atoms with E-state index in [-0.39, 0.29) is 10.8 Å². The van der Waals surface area contributed by atoms with Crippen LogP contribution in [0.1, 0.15) is 63.8 Å². The van der Waals surface area contributed by atoms with Crippen molar-refractivity contribution in [2.24, 2.45) is 0 Å². The monoisotopic (exact) mass is 750 g/mol. The largest absolute Gasteiger partial charge is 0.455 e. The Balaban J connectivity index is 1.23. The number of aromatic nitrogens is 2. The summed E-state index contributed by atoms with van der Waals surface area (Å²) >= 11 is 0. The Morgan fingerprint density at radius 3 is 1.22 bits per heavy atom. The predicted octanol–water partition coefficient (Wildman–Crippen LogP) is 14.0. The minimum atomic E-state index is -0.0955. The van der Waals surface area contributed by atoms with E-state index in [1.54, 1.807) is 0 Å². The number of para-hydroxylation sites is 2. The zero-order valence-electron chi connectivity index (χ0n) is 33.2. The third-order valence-electron chi connectivity index (χ3n) is 12.1. The van der Waals surface area contributed by atoms with Gasteiger partial charge in [-0.1, -0.05) is 90.1 Å². The summed E-state index contributed by atoms with van der Waals surface area (Å²) in [6.45, 7) is 13.3. The highest BCUT2D eigenvalue weighted by Gasteiger charge is 2.27. The number of nitrogens with zero attached hydrogens (tertiary/aromatic N) is 4. The quantitative estimate of drug-likeness (QED) is 0.176. The molecule has 0 saturated heterocycles. The van der Waals surface area contributed by atoms with Gasteiger partial charge in [-0.15, -0.1) is 0 Å². The van der Waals surface area contributed by atoms with Crippen LogP contribution in [-0.2, 0) is 10.8 Å². The third kappa shape index (κ3) is 4.58. The van der Waals surface area contributed by atoms with E-state index >= 15 is 0 Å². The molecule has 4 heterocycles. The molecule has 0 amide bonds. The summed E-state index contributed by atoms with van der Waals surface area (Å²) in [5.41, 5.74) is 11.0. The lowest BCUT2D eigenvalue weighted by Crippen LogP contribution is -2.10. The first-order chi connectivity index (χ1) is 28.0. The molecule has 7 aromatic carbocycles. The van der Waals surface area contributed by atoms with Crippen LogP contribution in [0.2, 0.25) is 0 Å². The fraction of sp³-hybridized carbons (Fsp3) is 0.154. The van der Waals surface area contributed by atoms with Gasteiger partial charge in [-0.05, 0) is 94.8 Å². The van der Waals surface area contributed by atoms with Crippen molar-refractivity contribution in [2.45, 2.75) is 52.4 Å². The first-order valence-corrected chi connectivity index (χ1v) is 19.7. The zero-order chi connectivity index (χ0) is 39.8. The number of rotatable bonds is 2. The van der Waals surface area contributed by atoms with Crippen molar-refractivity contribution in [1.82, 2.24) is 9.13 Å². The van der Waals surface area contributed by atoms with Crippen LogP contribution in [-0.4, -0.2) is 9.13 Å². The van der Waals surface area contributed by atoms with Crippen LogP contribution in [0, 0.1) is 22.7 Å². The Hall–Kier alpha value is -7.28. The summed E-state index contributed by atoms with van der Waals surface area (Å²) in [5.74, 6) is 0. The first-order valence-electron chi connectivity index (χ1n) is 19.7. The summed E-state index contributed by atoms with van der Waals surface area (Å²) in [5, 5.41) is 30.5. The summed E-state index contributed by atoms with van der Waals surface area (Å²) in [6.07, 6.45) is 0. The number of fused-ring (bicyclic) bond motifs is 14. The van der Waals surface area contributed by atoms with Crippen LogP contribution < -0.4 is 0 Å². The summed E-state index contributed by atoms with van der Waals surface area (Å²) < 4.78 is 17.5. The van der Waals surface area contributed by atoms with E-state index in [2.05, 4.69) is 136 Å². The van der Waals surface area contributed by atoms with Gasteiger partial charge in [0.15, 0.2) is 0 Å². The van der Waals surface area contributed by atoms with Crippen LogP contribution in [0.4, 0.5) is 0 Å². The second-order valence-corrected chi connectivity index (χ2v) is 17.6. The first kappa shape index (κ1) is 34.0. The minimum Gasteiger partial charge on any atom is -0.455 e. The Bertz CT molecular complexity index is 3430. The Morgan fingerprint density at radius 2 is 0.828 bits per heavy atom. The molecule has 0 aliphatic carbocycles. The number of nitriles is 2. The van der Waals surface area contributed by atoms with Gasteiger partial charge >= 0.3 is 0 Å². The molecule has 0 spiro atoms. The van der Waals surface area contributed by atoms with Crippen molar-refractivity contribution >= 4 is 87.5 Å². The molecule has 278 valence electrons. The second-order valence-electron chi connectivity index (χ2n) is 17.6. The number of hydrogen-bond donors (Lipinski definition) is 0. The maximum absolute atomic E-state index is 11.1. The van der Waals surface area contributed by atoms with Crippen LogP contribution in [0.3, 0.4) is 0 Å². The van der Waals surface area contributed by atoms with Gasteiger partial charge in [-0.25, -0.2) is 0 Å². The predicted molar refractivity (Wildman–Crippen MR) is 237 cm³/mol. The van der Waals surface area contributed by atoms with E-state index in [4.69, 9.17) is 8.83 Å². The number of hydrogen-bond acceptors (Lipinski definition) is 4. The molecule has 6 nitrogen and oxygen atoms in total. The molecule has 0 atom stereocenters. The Labute approximate surface area is 334 Å². The summed E-state index contributed by atoms with van der Waals surface area (Å²) in [6, 6.07) is 46.8. The normalized spacial score (nSPS) is 12.6. The van der Waals surface area contributed by atoms with E-state index < -0.39 is 0 Å². The van der Waals surface area contributed by atoms with Crippen LogP contribution >= 0.6 is 0 Å². The average Bonchev–Trinajstić information content (AvgIpc) is 3.96. The molecule has 0 bridgehead atoms. The molecule has 58 heavy (non-hydrogen) atoms. The van der Waals surface area contributed by atoms with Crippen molar-refractivity contribution in [3.8, 4) is 23.5 Å². The lowest BCUT2D eigenvalue weighted by atomic mass is 9.86. The number of benzene rings is 7. The van der Waals surface area contributed by atoms with E-state index in [1.807, 2.05) is 48.5 Å². The highest BCUT2D eigenvalue weighted by molar-refractivity contribution is 6.25. The van der Waals surface area contributed by atoms with Gasteiger partial charge in [0.05, 0.1) is 55.3 Å². The molecule has 0 N–H and O–H groups in total. The van der Waals surface area contributed by atoms with Gasteiger partial charge in [0.1, 0.15) is 34.5 Å². The maximum atomic E-state index is 11.1. The fourth-order valence-corrected chi connectivity index (χ4v) is 9.20. The van der Waals surface area contributed by atoms with Gasteiger partial charge in [-0.3, -0.25) is 0 Å². The van der Waals surface area contributed by atoms with Crippen molar-refractivity contribution < 1.29 is 8.83 Å². The van der Waals surface area contributed by atoms with Crippen molar-refractivity contribution in [3.05, 3.63) is 144 Å². The smallest absolute Gasteiger partial charge is 0.145 e. The van der Waals surface area contributed by atoms with Crippen LogP contribution in [0.15, 0.2) is 130 Å². The molecule has 0 radical (unpaired) electrons. The third-order valence-corrected chi connectivity index (χ3v) is 12.1. The Kier molecular flexibility index (Phi) is 6.82. The minimum absolute atomic E-state index is 0.0955. The molecule has 0 fully saturated rings. The summed E-state index contributed by atoms with van der Waals surface area (Å²) in [4.78, 5) is 0. The molecule has 0 saturated carbocycles. The van der Waals surface area contributed by atoms with Crippen molar-refractivity contribution in [2.75, 3.05) is 0 Å². The van der Waals surface area contributed by atoms with E-state index in [9.17, 15) is 10.5 Å². The van der Waals surface area contributed by atoms with E-state index in [1.165, 1.54) is 11.1 Å². The molecular formula is C52H38N4O2. The molecule has 0 unspecified atom stereocenters. The topological polar surface area (TPSA) is 83.7 Å². The lowest BCUT2D eigenvalue weighted by molar-refractivity contribution is 0.591. The summed E-state index contributed by atoms with van der Waals surface area (Å²) in [7, 11) is 0. The lowest BCUT2D eigenvalue weighted by Gasteiger charge is -2.20. The maximum Gasteiger partial charge on any atom is 0.145 e. The van der Waals surface area contributed by atoms with E-state index in [0.717, 1.165) is 87.5 Å². The standard InChI is InChI=1S/C52H38N4O2/c1-51(2,3)29-15-19-39-35(25-29)47-43(21-17-33-31-11-7-9-13-45(31)57-49(33)47)55(39)41-23-24-42(38(28-54)37(41)27-53)56-40-20-16-30(52(4,5)6)26-36(40)48-44(56)22-18-34-32-12-8-10-14-46(32)58-50(34)48/h7-26H,1-6H3. The van der Waals surface area contributed by atoms with Gasteiger partial charge < -0.3 is 18.0 Å². The van der Waals surface area contributed by atoms with Gasteiger partial charge in [0, 0.05) is 32.3 Å². The van der Waals surface area contributed by atoms with Gasteiger partial charge in [0.25, 0.3) is 0 Å². The highest BCUT2D eigenvalue weighted by Crippen LogP contribution is 2.45. The molecule has 11 aromatic rings.